The van der Waals surface area contributed by atoms with Crippen LogP contribution in [0.2, 0.25) is 15.3 Å². The predicted molar refractivity (Wildman–Crippen MR) is 89.1 cm³/mol. The maximum Gasteiger partial charge on any atom is 0.206 e. The molecule has 2 heterocycles. The van der Waals surface area contributed by atoms with Crippen LogP contribution in [0.1, 0.15) is 6.23 Å². The second-order valence-corrected chi connectivity index (χ2v) is 7.07. The molecule has 0 spiro atoms. The molecule has 2 N–H and O–H groups in total. The molecule has 1 aliphatic heterocycles. The average molecular weight is 384 g/mol. The van der Waals surface area contributed by atoms with Gasteiger partial charge in [-0.25, -0.2) is 4.98 Å². The second-order valence-electron chi connectivity index (χ2n) is 5.01. The minimum Gasteiger partial charge on any atom is -0.387 e. The quantitative estimate of drug-likeness (QED) is 0.853. The minimum atomic E-state index is -1.11. The summed E-state index contributed by atoms with van der Waals surface area (Å²) < 4.78 is 7.29. The fourth-order valence-corrected chi connectivity index (χ4v) is 3.75. The number of halogens is 3. The summed E-state index contributed by atoms with van der Waals surface area (Å²) in [6.07, 6.45) is -1.51. The standard InChI is InChI=1S/C13H13Cl3N2O3S/c1-22-4-9-10(19)11(20)12(21-9)18-8-3-6(15)5(14)2-7(8)17-13(18)16/h2-3,9-12,19-20H,4H2,1H3/t9-,10-,11-,12?/m1/s1. The van der Waals surface area contributed by atoms with E-state index in [1.54, 1.807) is 12.1 Å². The molecule has 1 unspecified atom stereocenters. The zero-order chi connectivity index (χ0) is 16.0. The summed E-state index contributed by atoms with van der Waals surface area (Å²) in [4.78, 5) is 4.20. The smallest absolute Gasteiger partial charge is 0.206 e. The molecule has 4 atom stereocenters. The Morgan fingerprint density at radius 3 is 2.59 bits per heavy atom. The fraction of sp³-hybridized carbons (Fsp3) is 0.462. The molecule has 1 aromatic carbocycles. The Balaban J connectivity index is 2.06. The zero-order valence-electron chi connectivity index (χ0n) is 11.4. The monoisotopic (exact) mass is 382 g/mol. The second kappa shape index (κ2) is 6.36. The van der Waals surface area contributed by atoms with Crippen molar-refractivity contribution in [1.82, 2.24) is 9.55 Å². The molecule has 0 bridgehead atoms. The molecule has 0 amide bonds. The summed E-state index contributed by atoms with van der Waals surface area (Å²) in [5, 5.41) is 21.2. The molecule has 1 saturated heterocycles. The number of benzene rings is 1. The van der Waals surface area contributed by atoms with Gasteiger partial charge in [0.15, 0.2) is 6.23 Å². The van der Waals surface area contributed by atoms with Crippen molar-refractivity contribution in [3.05, 3.63) is 27.5 Å². The predicted octanol–water partition coefficient (Wildman–Crippen LogP) is 2.98. The lowest BCUT2D eigenvalue weighted by Gasteiger charge is -2.18. The van der Waals surface area contributed by atoms with Crippen molar-refractivity contribution in [3.8, 4) is 0 Å². The van der Waals surface area contributed by atoms with Gasteiger partial charge < -0.3 is 14.9 Å². The summed E-state index contributed by atoms with van der Waals surface area (Å²) in [7, 11) is 0. The Labute approximate surface area is 146 Å². The van der Waals surface area contributed by atoms with Crippen molar-refractivity contribution in [2.45, 2.75) is 24.5 Å². The van der Waals surface area contributed by atoms with Gasteiger partial charge in [-0.1, -0.05) is 23.2 Å². The molecule has 1 aromatic heterocycles. The number of imidazole rings is 1. The molecule has 5 nitrogen and oxygen atoms in total. The summed E-state index contributed by atoms with van der Waals surface area (Å²) in [6.45, 7) is 0. The first-order chi connectivity index (χ1) is 10.4. The van der Waals surface area contributed by atoms with Crippen molar-refractivity contribution in [1.29, 1.82) is 0 Å². The molecule has 22 heavy (non-hydrogen) atoms. The largest absolute Gasteiger partial charge is 0.387 e. The van der Waals surface area contributed by atoms with Crippen LogP contribution >= 0.6 is 46.6 Å². The number of thioether (sulfide) groups is 1. The van der Waals surface area contributed by atoms with Crippen molar-refractivity contribution in [2.75, 3.05) is 12.0 Å². The van der Waals surface area contributed by atoms with Crippen LogP contribution in [0.25, 0.3) is 11.0 Å². The van der Waals surface area contributed by atoms with Crippen molar-refractivity contribution in [3.63, 3.8) is 0 Å². The van der Waals surface area contributed by atoms with Gasteiger partial charge in [-0.3, -0.25) is 4.57 Å². The van der Waals surface area contributed by atoms with E-state index < -0.39 is 24.5 Å². The molecule has 9 heteroatoms. The fourth-order valence-electron chi connectivity index (χ4n) is 2.55. The summed E-state index contributed by atoms with van der Waals surface area (Å²) in [6, 6.07) is 3.21. The highest BCUT2D eigenvalue weighted by Gasteiger charge is 2.44. The summed E-state index contributed by atoms with van der Waals surface area (Å²) in [5.41, 5.74) is 1.12. The SMILES string of the molecule is CSC[C@H]1OC(n2c(Cl)nc3cc(Cl)c(Cl)cc32)[C@H](O)[C@@H]1O. The van der Waals surface area contributed by atoms with E-state index in [0.29, 0.717) is 26.8 Å². The molecule has 0 radical (unpaired) electrons. The van der Waals surface area contributed by atoms with Gasteiger partial charge in [-0.05, 0) is 30.0 Å². The van der Waals surface area contributed by atoms with E-state index in [2.05, 4.69) is 4.98 Å². The lowest BCUT2D eigenvalue weighted by atomic mass is 10.1. The van der Waals surface area contributed by atoms with Crippen LogP contribution in [0.15, 0.2) is 12.1 Å². The van der Waals surface area contributed by atoms with E-state index in [-0.39, 0.29) is 5.28 Å². The van der Waals surface area contributed by atoms with Crippen LogP contribution in [0.3, 0.4) is 0 Å². The van der Waals surface area contributed by atoms with E-state index in [9.17, 15) is 10.2 Å². The number of aliphatic hydroxyl groups excluding tert-OH is 2. The summed E-state index contributed by atoms with van der Waals surface area (Å²) >= 11 is 19.7. The maximum atomic E-state index is 10.3. The van der Waals surface area contributed by atoms with E-state index in [4.69, 9.17) is 39.5 Å². The molecule has 120 valence electrons. The third-order valence-electron chi connectivity index (χ3n) is 3.61. The number of rotatable bonds is 3. The lowest BCUT2D eigenvalue weighted by Crippen LogP contribution is -2.32. The third kappa shape index (κ3) is 2.71. The van der Waals surface area contributed by atoms with Crippen LogP contribution in [-0.2, 0) is 4.74 Å². The van der Waals surface area contributed by atoms with Crippen LogP contribution in [0, 0.1) is 0 Å². The van der Waals surface area contributed by atoms with Crippen LogP contribution < -0.4 is 0 Å². The number of aliphatic hydroxyl groups is 2. The van der Waals surface area contributed by atoms with E-state index in [0.717, 1.165) is 0 Å². The maximum absolute atomic E-state index is 10.3. The van der Waals surface area contributed by atoms with Crippen LogP contribution in [0.4, 0.5) is 0 Å². The van der Waals surface area contributed by atoms with Gasteiger partial charge in [0.25, 0.3) is 0 Å². The number of hydrogen-bond donors (Lipinski definition) is 2. The Hall–Kier alpha value is -0.210. The molecular weight excluding hydrogens is 371 g/mol. The Morgan fingerprint density at radius 1 is 1.23 bits per heavy atom. The lowest BCUT2D eigenvalue weighted by molar-refractivity contribution is -0.0283. The van der Waals surface area contributed by atoms with Gasteiger partial charge in [0.05, 0.1) is 27.2 Å². The van der Waals surface area contributed by atoms with E-state index in [1.165, 1.54) is 16.3 Å². The average Bonchev–Trinajstić information content (AvgIpc) is 2.91. The normalized spacial score (nSPS) is 28.6. The first-order valence-corrected chi connectivity index (χ1v) is 8.99. The molecule has 3 rings (SSSR count). The molecule has 1 aliphatic rings. The minimum absolute atomic E-state index is 0.134. The van der Waals surface area contributed by atoms with Crippen molar-refractivity contribution in [2.24, 2.45) is 0 Å². The first kappa shape index (κ1) is 16.6. The molecule has 0 saturated carbocycles. The Morgan fingerprint density at radius 2 is 1.91 bits per heavy atom. The topological polar surface area (TPSA) is 67.5 Å². The van der Waals surface area contributed by atoms with Crippen LogP contribution in [0.5, 0.6) is 0 Å². The van der Waals surface area contributed by atoms with Gasteiger partial charge in [0, 0.05) is 5.75 Å². The molecule has 2 aromatic rings. The third-order valence-corrected chi connectivity index (χ3v) is 5.26. The highest BCUT2D eigenvalue weighted by molar-refractivity contribution is 7.98. The van der Waals surface area contributed by atoms with Gasteiger partial charge in [0.1, 0.15) is 12.2 Å². The number of ether oxygens (including phenoxy) is 1. The Bertz CT molecular complexity index is 711. The van der Waals surface area contributed by atoms with E-state index in [1.807, 2.05) is 6.26 Å². The molecule has 1 fully saturated rings. The number of aromatic nitrogens is 2. The van der Waals surface area contributed by atoms with Gasteiger partial charge in [0.2, 0.25) is 5.28 Å². The van der Waals surface area contributed by atoms with Crippen LogP contribution in [-0.4, -0.2) is 50.1 Å². The first-order valence-electron chi connectivity index (χ1n) is 6.47. The molecular formula is C13H13Cl3N2O3S. The summed E-state index contributed by atoms with van der Waals surface area (Å²) in [5.74, 6) is 0.561. The van der Waals surface area contributed by atoms with Gasteiger partial charge in [-0.15, -0.1) is 0 Å². The van der Waals surface area contributed by atoms with Gasteiger partial charge in [-0.2, -0.15) is 11.8 Å². The number of hydrogen-bond acceptors (Lipinski definition) is 5. The highest BCUT2D eigenvalue weighted by Crippen LogP contribution is 2.37. The zero-order valence-corrected chi connectivity index (χ0v) is 14.5. The number of fused-ring (bicyclic) bond motifs is 1. The Kier molecular flexibility index (Phi) is 4.81. The van der Waals surface area contributed by atoms with Crippen molar-refractivity contribution < 1.29 is 14.9 Å². The van der Waals surface area contributed by atoms with E-state index >= 15 is 0 Å². The van der Waals surface area contributed by atoms with Gasteiger partial charge >= 0.3 is 0 Å². The number of nitrogens with zero attached hydrogens (tertiary/aromatic N) is 2. The van der Waals surface area contributed by atoms with Crippen molar-refractivity contribution >= 4 is 57.6 Å². The highest BCUT2D eigenvalue weighted by atomic mass is 35.5. The molecule has 0 aliphatic carbocycles.